The third-order valence-corrected chi connectivity index (χ3v) is 3.00. The van der Waals surface area contributed by atoms with Crippen molar-refractivity contribution >= 4 is 5.91 Å². The topological polar surface area (TPSA) is 41.6 Å². The number of hydrogen-bond donors (Lipinski definition) is 1. The zero-order valence-corrected chi connectivity index (χ0v) is 10.7. The van der Waals surface area contributed by atoms with Crippen LogP contribution < -0.4 is 5.32 Å². The van der Waals surface area contributed by atoms with Gasteiger partial charge in [0.1, 0.15) is 6.04 Å². The summed E-state index contributed by atoms with van der Waals surface area (Å²) in [5.41, 5.74) is 0.548. The molecule has 1 unspecified atom stereocenters. The molecule has 0 radical (unpaired) electrons. The molecule has 6 heteroatoms. The highest BCUT2D eigenvalue weighted by Gasteiger charge is 2.24. The lowest BCUT2D eigenvalue weighted by molar-refractivity contribution is -0.135. The summed E-state index contributed by atoms with van der Waals surface area (Å²) in [6.45, 7) is 1.79. The van der Waals surface area contributed by atoms with Gasteiger partial charge < -0.3 is 15.0 Å². The number of likely N-dealkylation sites (N-methyl/N-ethyl adjacent to an activating group) is 1. The Balaban J connectivity index is 1.97. The van der Waals surface area contributed by atoms with Crippen molar-refractivity contribution in [3.63, 3.8) is 0 Å². The zero-order valence-electron chi connectivity index (χ0n) is 10.7. The number of rotatable bonds is 3. The number of halogens is 2. The van der Waals surface area contributed by atoms with Gasteiger partial charge in [-0.2, -0.15) is 0 Å². The quantitative estimate of drug-likeness (QED) is 0.887. The molecule has 2 rings (SSSR count). The Bertz CT molecular complexity index is 462. The van der Waals surface area contributed by atoms with E-state index >= 15 is 0 Å². The van der Waals surface area contributed by atoms with E-state index in [2.05, 4.69) is 5.32 Å². The second-order valence-electron chi connectivity index (χ2n) is 4.52. The summed E-state index contributed by atoms with van der Waals surface area (Å²) in [5, 5.41) is 3.06. The number of carbonyl (C=O) groups is 1. The standard InChI is InChI=1S/C13H16F2N2O2/c1-17(13(18)12-8-19-5-4-16-12)7-9-2-3-10(14)11(15)6-9/h2-3,6,12,16H,4-5,7-8H2,1H3. The summed E-state index contributed by atoms with van der Waals surface area (Å²) in [6.07, 6.45) is 0. The van der Waals surface area contributed by atoms with Crippen molar-refractivity contribution in [1.29, 1.82) is 0 Å². The maximum Gasteiger partial charge on any atom is 0.242 e. The fourth-order valence-corrected chi connectivity index (χ4v) is 1.98. The fraction of sp³-hybridized carbons (Fsp3) is 0.462. The highest BCUT2D eigenvalue weighted by molar-refractivity contribution is 5.81. The molecule has 0 bridgehead atoms. The molecule has 1 atom stereocenters. The summed E-state index contributed by atoms with van der Waals surface area (Å²) < 4.78 is 31.1. The molecule has 0 spiro atoms. The predicted octanol–water partition coefficient (Wildman–Crippen LogP) is 0.912. The minimum Gasteiger partial charge on any atom is -0.378 e. The molecule has 0 aliphatic carbocycles. The Morgan fingerprint density at radius 2 is 2.26 bits per heavy atom. The maximum atomic E-state index is 13.1. The van der Waals surface area contributed by atoms with Crippen molar-refractivity contribution in [3.8, 4) is 0 Å². The first-order valence-corrected chi connectivity index (χ1v) is 6.08. The number of carbonyl (C=O) groups excluding carboxylic acids is 1. The van der Waals surface area contributed by atoms with Crippen LogP contribution in [0.3, 0.4) is 0 Å². The third kappa shape index (κ3) is 3.48. The average Bonchev–Trinajstić information content (AvgIpc) is 2.43. The van der Waals surface area contributed by atoms with Gasteiger partial charge in [0.25, 0.3) is 0 Å². The molecule has 1 N–H and O–H groups in total. The van der Waals surface area contributed by atoms with E-state index in [0.29, 0.717) is 25.3 Å². The zero-order chi connectivity index (χ0) is 13.8. The third-order valence-electron chi connectivity index (χ3n) is 3.00. The van der Waals surface area contributed by atoms with E-state index in [1.807, 2.05) is 0 Å². The second kappa shape index (κ2) is 6.08. The molecule has 1 aliphatic rings. The largest absolute Gasteiger partial charge is 0.378 e. The van der Waals surface area contributed by atoms with E-state index in [9.17, 15) is 13.6 Å². The molecule has 1 amide bonds. The number of morpholine rings is 1. The van der Waals surface area contributed by atoms with Crippen LogP contribution >= 0.6 is 0 Å². The van der Waals surface area contributed by atoms with Gasteiger partial charge in [-0.1, -0.05) is 6.07 Å². The summed E-state index contributed by atoms with van der Waals surface area (Å²) in [7, 11) is 1.62. The first-order chi connectivity index (χ1) is 9.08. The van der Waals surface area contributed by atoms with E-state index in [1.165, 1.54) is 11.0 Å². The van der Waals surface area contributed by atoms with Gasteiger partial charge >= 0.3 is 0 Å². The SMILES string of the molecule is CN(Cc1ccc(F)c(F)c1)C(=O)C1COCCN1. The monoisotopic (exact) mass is 270 g/mol. The second-order valence-corrected chi connectivity index (χ2v) is 4.52. The predicted molar refractivity (Wildman–Crippen MR) is 65.4 cm³/mol. The summed E-state index contributed by atoms with van der Waals surface area (Å²) >= 11 is 0. The molecule has 19 heavy (non-hydrogen) atoms. The van der Waals surface area contributed by atoms with Gasteiger partial charge in [0, 0.05) is 20.1 Å². The van der Waals surface area contributed by atoms with Crippen LogP contribution in [-0.4, -0.2) is 43.7 Å². The van der Waals surface area contributed by atoms with Crippen LogP contribution in [0.5, 0.6) is 0 Å². The Morgan fingerprint density at radius 3 is 2.89 bits per heavy atom. The minimum absolute atomic E-state index is 0.121. The van der Waals surface area contributed by atoms with E-state index in [0.717, 1.165) is 12.1 Å². The minimum atomic E-state index is -0.905. The Kier molecular flexibility index (Phi) is 4.44. The van der Waals surface area contributed by atoms with Crippen LogP contribution in [0.4, 0.5) is 8.78 Å². The summed E-state index contributed by atoms with van der Waals surface area (Å²) in [6, 6.07) is 3.26. The molecule has 4 nitrogen and oxygen atoms in total. The van der Waals surface area contributed by atoms with Crippen LogP contribution in [0.15, 0.2) is 18.2 Å². The molecule has 1 aromatic rings. The average molecular weight is 270 g/mol. The molecular weight excluding hydrogens is 254 g/mol. The van der Waals surface area contributed by atoms with Gasteiger partial charge in [-0.25, -0.2) is 8.78 Å². The van der Waals surface area contributed by atoms with Crippen LogP contribution in [0, 0.1) is 11.6 Å². The van der Waals surface area contributed by atoms with Crippen molar-refractivity contribution in [3.05, 3.63) is 35.4 Å². The van der Waals surface area contributed by atoms with Gasteiger partial charge in [0.15, 0.2) is 11.6 Å². The lowest BCUT2D eigenvalue weighted by atomic mass is 10.2. The van der Waals surface area contributed by atoms with Crippen LogP contribution in [0.25, 0.3) is 0 Å². The van der Waals surface area contributed by atoms with Crippen LogP contribution in [0.2, 0.25) is 0 Å². The highest BCUT2D eigenvalue weighted by atomic mass is 19.2. The first kappa shape index (κ1) is 13.9. The van der Waals surface area contributed by atoms with Gasteiger partial charge in [0.2, 0.25) is 5.91 Å². The molecule has 1 fully saturated rings. The van der Waals surface area contributed by atoms with Crippen molar-refractivity contribution < 1.29 is 18.3 Å². The van der Waals surface area contributed by atoms with Gasteiger partial charge in [0.05, 0.1) is 13.2 Å². The Hall–Kier alpha value is -1.53. The van der Waals surface area contributed by atoms with E-state index < -0.39 is 11.6 Å². The lowest BCUT2D eigenvalue weighted by Gasteiger charge is -2.27. The molecule has 1 saturated heterocycles. The maximum absolute atomic E-state index is 13.1. The van der Waals surface area contributed by atoms with Crippen molar-refractivity contribution in [2.24, 2.45) is 0 Å². The molecule has 104 valence electrons. The first-order valence-electron chi connectivity index (χ1n) is 6.08. The number of nitrogens with one attached hydrogen (secondary N) is 1. The number of hydrogen-bond acceptors (Lipinski definition) is 3. The summed E-state index contributed by atoms with van der Waals surface area (Å²) in [5.74, 6) is -1.91. The highest BCUT2D eigenvalue weighted by Crippen LogP contribution is 2.11. The van der Waals surface area contributed by atoms with Gasteiger partial charge in [-0.3, -0.25) is 4.79 Å². The van der Waals surface area contributed by atoms with Crippen LogP contribution in [0.1, 0.15) is 5.56 Å². The number of benzene rings is 1. The van der Waals surface area contributed by atoms with Crippen LogP contribution in [-0.2, 0) is 16.1 Å². The van der Waals surface area contributed by atoms with E-state index in [4.69, 9.17) is 4.74 Å². The molecule has 0 saturated carbocycles. The van der Waals surface area contributed by atoms with E-state index in [-0.39, 0.29) is 18.5 Å². The number of nitrogens with zero attached hydrogens (tertiary/aromatic N) is 1. The molecule has 1 heterocycles. The van der Waals surface area contributed by atoms with E-state index in [1.54, 1.807) is 7.05 Å². The number of amides is 1. The molecular formula is C13H16F2N2O2. The molecule has 1 aromatic carbocycles. The Morgan fingerprint density at radius 1 is 1.47 bits per heavy atom. The van der Waals surface area contributed by atoms with Crippen molar-refractivity contribution in [1.82, 2.24) is 10.2 Å². The lowest BCUT2D eigenvalue weighted by Crippen LogP contribution is -2.51. The van der Waals surface area contributed by atoms with Gasteiger partial charge in [-0.15, -0.1) is 0 Å². The fourth-order valence-electron chi connectivity index (χ4n) is 1.98. The molecule has 1 aliphatic heterocycles. The van der Waals surface area contributed by atoms with Gasteiger partial charge in [-0.05, 0) is 17.7 Å². The number of ether oxygens (including phenoxy) is 1. The summed E-state index contributed by atoms with van der Waals surface area (Å²) in [4.78, 5) is 13.5. The smallest absolute Gasteiger partial charge is 0.242 e. The molecule has 0 aromatic heterocycles. The van der Waals surface area contributed by atoms with Crippen molar-refractivity contribution in [2.45, 2.75) is 12.6 Å². The Labute approximate surface area is 110 Å². The normalized spacial score (nSPS) is 19.2. The van der Waals surface area contributed by atoms with Crippen molar-refractivity contribution in [2.75, 3.05) is 26.8 Å².